The molecule has 5 rings (SSSR count). The van der Waals surface area contributed by atoms with E-state index in [1.807, 2.05) is 42.5 Å². The molecule has 0 N–H and O–H groups in total. The zero-order valence-corrected chi connectivity index (χ0v) is 16.4. The molecule has 0 aromatic heterocycles. The van der Waals surface area contributed by atoms with Crippen LogP contribution in [0.4, 0.5) is 5.69 Å². The van der Waals surface area contributed by atoms with Crippen molar-refractivity contribution in [3.63, 3.8) is 0 Å². The van der Waals surface area contributed by atoms with Gasteiger partial charge in [-0.3, -0.25) is 19.7 Å². The number of benzene rings is 4. The molecule has 0 fully saturated rings. The Bertz CT molecular complexity index is 1330. The summed E-state index contributed by atoms with van der Waals surface area (Å²) in [6.45, 7) is 0. The summed E-state index contributed by atoms with van der Waals surface area (Å²) in [5.41, 5.74) is 0.740. The second-order valence-corrected chi connectivity index (χ2v) is 7.74. The molecular formula is C26H17NO4. The first-order chi connectivity index (χ1) is 15.0. The number of nitro benzene ring substituents is 1. The third kappa shape index (κ3) is 2.78. The maximum atomic E-state index is 13.8. The lowest BCUT2D eigenvalue weighted by atomic mass is 9.70. The predicted octanol–water partition coefficient (Wildman–Crippen LogP) is 5.31. The van der Waals surface area contributed by atoms with Crippen LogP contribution in [0.25, 0.3) is 10.8 Å². The molecule has 0 saturated carbocycles. The minimum absolute atomic E-state index is 0.0321. The zero-order valence-electron chi connectivity index (χ0n) is 16.4. The zero-order chi connectivity index (χ0) is 21.6. The number of carbonyl (C=O) groups is 2. The second-order valence-electron chi connectivity index (χ2n) is 7.74. The Labute approximate surface area is 178 Å². The first-order valence-corrected chi connectivity index (χ1v) is 9.92. The number of ketones is 2. The molecule has 0 atom stereocenters. The Balaban J connectivity index is 1.75. The topological polar surface area (TPSA) is 77.3 Å². The quantitative estimate of drug-likeness (QED) is 0.261. The highest BCUT2D eigenvalue weighted by Crippen LogP contribution is 2.44. The van der Waals surface area contributed by atoms with Crippen molar-refractivity contribution in [1.29, 1.82) is 0 Å². The van der Waals surface area contributed by atoms with Gasteiger partial charge in [-0.05, 0) is 28.3 Å². The number of fused-ring (bicyclic) bond motifs is 2. The molecular weight excluding hydrogens is 390 g/mol. The molecule has 0 aliphatic heterocycles. The van der Waals surface area contributed by atoms with Crippen LogP contribution in [0.1, 0.15) is 31.8 Å². The maximum absolute atomic E-state index is 13.8. The van der Waals surface area contributed by atoms with E-state index < -0.39 is 10.3 Å². The molecule has 0 spiro atoms. The van der Waals surface area contributed by atoms with Crippen molar-refractivity contribution >= 4 is 28.0 Å². The van der Waals surface area contributed by atoms with Gasteiger partial charge in [-0.25, -0.2) is 0 Å². The van der Waals surface area contributed by atoms with Gasteiger partial charge in [-0.1, -0.05) is 78.9 Å². The van der Waals surface area contributed by atoms with Crippen LogP contribution in [0.5, 0.6) is 0 Å². The molecule has 4 aromatic carbocycles. The SMILES string of the molecule is O=C1c2ccccc2C(=O)C1(Cc1ccc([N+](=O)[O-])cc1)c1cccc2ccccc12. The summed E-state index contributed by atoms with van der Waals surface area (Å²) in [6.07, 6.45) is 0.130. The van der Waals surface area contributed by atoms with Crippen molar-refractivity contribution in [2.45, 2.75) is 11.8 Å². The first kappa shape index (κ1) is 18.9. The molecule has 150 valence electrons. The van der Waals surface area contributed by atoms with E-state index in [2.05, 4.69) is 0 Å². The highest BCUT2D eigenvalue weighted by Gasteiger charge is 2.54. The summed E-state index contributed by atoms with van der Waals surface area (Å²) in [5, 5.41) is 12.8. The molecule has 1 aliphatic carbocycles. The van der Waals surface area contributed by atoms with Crippen molar-refractivity contribution < 1.29 is 14.5 Å². The number of nitro groups is 1. The van der Waals surface area contributed by atoms with Crippen LogP contribution in [-0.4, -0.2) is 16.5 Å². The van der Waals surface area contributed by atoms with Gasteiger partial charge in [-0.2, -0.15) is 0 Å². The number of hydrogen-bond donors (Lipinski definition) is 0. The fraction of sp³-hybridized carbons (Fsp3) is 0.0769. The lowest BCUT2D eigenvalue weighted by Gasteiger charge is -2.28. The van der Waals surface area contributed by atoms with Gasteiger partial charge in [0.1, 0.15) is 5.41 Å². The van der Waals surface area contributed by atoms with Crippen LogP contribution in [0, 0.1) is 10.1 Å². The van der Waals surface area contributed by atoms with Gasteiger partial charge < -0.3 is 0 Å². The molecule has 0 amide bonds. The van der Waals surface area contributed by atoms with Crippen molar-refractivity contribution in [2.75, 3.05) is 0 Å². The van der Waals surface area contributed by atoms with Crippen LogP contribution in [0.2, 0.25) is 0 Å². The smallest absolute Gasteiger partial charge is 0.269 e. The highest BCUT2D eigenvalue weighted by atomic mass is 16.6. The van der Waals surface area contributed by atoms with Crippen molar-refractivity contribution in [3.8, 4) is 0 Å². The summed E-state index contributed by atoms with van der Waals surface area (Å²) in [5.74, 6) is -0.467. The van der Waals surface area contributed by atoms with Gasteiger partial charge in [-0.15, -0.1) is 0 Å². The fourth-order valence-corrected chi connectivity index (χ4v) is 4.58. The number of rotatable bonds is 4. The average Bonchev–Trinajstić information content (AvgIpc) is 3.02. The molecule has 0 bridgehead atoms. The lowest BCUT2D eigenvalue weighted by Crippen LogP contribution is -2.41. The van der Waals surface area contributed by atoms with E-state index in [4.69, 9.17) is 0 Å². The highest BCUT2D eigenvalue weighted by molar-refractivity contribution is 6.34. The lowest BCUT2D eigenvalue weighted by molar-refractivity contribution is -0.384. The molecule has 4 aromatic rings. The van der Waals surface area contributed by atoms with E-state index in [1.54, 1.807) is 36.4 Å². The maximum Gasteiger partial charge on any atom is 0.269 e. The van der Waals surface area contributed by atoms with E-state index in [1.165, 1.54) is 12.1 Å². The molecule has 0 unspecified atom stereocenters. The van der Waals surface area contributed by atoms with E-state index >= 15 is 0 Å². The van der Waals surface area contributed by atoms with Crippen LogP contribution in [0.15, 0.2) is 91.0 Å². The molecule has 0 radical (unpaired) electrons. The number of carbonyl (C=O) groups excluding carboxylic acids is 2. The van der Waals surface area contributed by atoms with Crippen LogP contribution in [0.3, 0.4) is 0 Å². The van der Waals surface area contributed by atoms with Crippen molar-refractivity contribution in [1.82, 2.24) is 0 Å². The predicted molar refractivity (Wildman–Crippen MR) is 118 cm³/mol. The van der Waals surface area contributed by atoms with Gasteiger partial charge >= 0.3 is 0 Å². The van der Waals surface area contributed by atoms with Crippen LogP contribution >= 0.6 is 0 Å². The van der Waals surface area contributed by atoms with Crippen LogP contribution in [-0.2, 0) is 11.8 Å². The van der Waals surface area contributed by atoms with E-state index in [9.17, 15) is 19.7 Å². The minimum Gasteiger partial charge on any atom is -0.293 e. The normalized spacial score (nSPS) is 14.6. The Morgan fingerprint density at radius 3 is 1.94 bits per heavy atom. The standard InChI is InChI=1S/C26H17NO4/c28-24-21-9-3-4-10-22(21)25(29)26(24,16-17-12-14-19(15-13-17)27(30)31)23-11-5-7-18-6-1-2-8-20(18)23/h1-15H,16H2. The molecule has 0 heterocycles. The summed E-state index contributed by atoms with van der Waals surface area (Å²) < 4.78 is 0. The second kappa shape index (κ2) is 6.99. The summed E-state index contributed by atoms with van der Waals surface area (Å²) in [7, 11) is 0. The Morgan fingerprint density at radius 1 is 0.710 bits per heavy atom. The molecule has 5 nitrogen and oxygen atoms in total. The number of non-ortho nitro benzene ring substituents is 1. The third-order valence-electron chi connectivity index (χ3n) is 6.06. The third-order valence-corrected chi connectivity index (χ3v) is 6.06. The van der Waals surface area contributed by atoms with Gasteiger partial charge in [0.05, 0.1) is 4.92 Å². The van der Waals surface area contributed by atoms with Crippen molar-refractivity contribution in [3.05, 3.63) is 123 Å². The fourth-order valence-electron chi connectivity index (χ4n) is 4.58. The van der Waals surface area contributed by atoms with Gasteiger partial charge in [0.2, 0.25) is 0 Å². The van der Waals surface area contributed by atoms with E-state index in [-0.39, 0.29) is 23.7 Å². The Morgan fingerprint density at radius 2 is 1.29 bits per heavy atom. The van der Waals surface area contributed by atoms with Crippen LogP contribution < -0.4 is 0 Å². The number of hydrogen-bond acceptors (Lipinski definition) is 4. The first-order valence-electron chi connectivity index (χ1n) is 9.92. The van der Waals surface area contributed by atoms with Gasteiger partial charge in [0.25, 0.3) is 5.69 Å². The van der Waals surface area contributed by atoms with E-state index in [0.717, 1.165) is 10.8 Å². The summed E-state index contributed by atoms with van der Waals surface area (Å²) >= 11 is 0. The van der Waals surface area contributed by atoms with Crippen molar-refractivity contribution in [2.24, 2.45) is 0 Å². The number of Topliss-reactive ketones (excluding diaryl/α,β-unsaturated/α-hetero) is 2. The summed E-state index contributed by atoms with van der Waals surface area (Å²) in [4.78, 5) is 38.2. The molecule has 31 heavy (non-hydrogen) atoms. The van der Waals surface area contributed by atoms with E-state index in [0.29, 0.717) is 22.3 Å². The monoisotopic (exact) mass is 407 g/mol. The largest absolute Gasteiger partial charge is 0.293 e. The molecule has 1 aliphatic rings. The summed E-state index contributed by atoms with van der Waals surface area (Å²) in [6, 6.07) is 26.3. The Hall–Kier alpha value is -4.12. The number of nitrogens with zero attached hydrogens (tertiary/aromatic N) is 1. The molecule has 0 saturated heterocycles. The van der Waals surface area contributed by atoms with Gasteiger partial charge in [0.15, 0.2) is 11.6 Å². The minimum atomic E-state index is -1.42. The Kier molecular flexibility index (Phi) is 4.26. The molecule has 5 heteroatoms. The average molecular weight is 407 g/mol. The van der Waals surface area contributed by atoms with Gasteiger partial charge in [0, 0.05) is 23.3 Å².